The van der Waals surface area contributed by atoms with Crippen LogP contribution in [0.25, 0.3) is 0 Å². The Bertz CT molecular complexity index is 303. The number of hydrogen-bond donors (Lipinski definition) is 2. The average Bonchev–Trinajstić information content (AvgIpc) is 2.35. The van der Waals surface area contributed by atoms with Crippen LogP contribution < -0.4 is 5.32 Å². The number of rotatable bonds is 8. The smallest absolute Gasteiger partial charge is 0.317 e. The number of carboxylic acids is 1. The monoisotopic (exact) mass is 272 g/mol. The molecule has 5 nitrogen and oxygen atoms in total. The molecule has 5 heteroatoms. The van der Waals surface area contributed by atoms with Crippen LogP contribution in [-0.2, 0) is 4.79 Å². The summed E-state index contributed by atoms with van der Waals surface area (Å²) in [5, 5.41) is 11.5. The van der Waals surface area contributed by atoms with Crippen LogP contribution in [0, 0.1) is 5.92 Å². The zero-order valence-corrected chi connectivity index (χ0v) is 12.8. The summed E-state index contributed by atoms with van der Waals surface area (Å²) in [5.41, 5.74) is -0.154. The summed E-state index contributed by atoms with van der Waals surface area (Å²) < 4.78 is 0. The van der Waals surface area contributed by atoms with Gasteiger partial charge in [0.2, 0.25) is 0 Å². The zero-order chi connectivity index (χ0) is 15.1. The van der Waals surface area contributed by atoms with E-state index in [1.165, 1.54) is 0 Å². The van der Waals surface area contributed by atoms with Crippen LogP contribution in [0.3, 0.4) is 0 Å². The molecule has 0 aromatic carbocycles. The maximum absolute atomic E-state index is 11.9. The Morgan fingerprint density at radius 2 is 1.89 bits per heavy atom. The fourth-order valence-corrected chi connectivity index (χ4v) is 1.57. The van der Waals surface area contributed by atoms with Gasteiger partial charge in [-0.05, 0) is 39.0 Å². The Balaban J connectivity index is 3.94. The van der Waals surface area contributed by atoms with Crippen LogP contribution in [0.2, 0.25) is 0 Å². The molecule has 0 heterocycles. The van der Waals surface area contributed by atoms with E-state index in [9.17, 15) is 9.59 Å². The Morgan fingerprint density at radius 1 is 1.32 bits per heavy atom. The first-order valence-corrected chi connectivity index (χ1v) is 6.94. The first-order chi connectivity index (χ1) is 8.70. The van der Waals surface area contributed by atoms with Gasteiger partial charge in [-0.15, -0.1) is 0 Å². The van der Waals surface area contributed by atoms with Gasteiger partial charge in [-0.2, -0.15) is 0 Å². The third-order valence-electron chi connectivity index (χ3n) is 3.84. The minimum atomic E-state index is -0.764. The number of amides is 2. The molecule has 1 unspecified atom stereocenters. The maximum atomic E-state index is 11.9. The van der Waals surface area contributed by atoms with Crippen molar-refractivity contribution >= 4 is 12.0 Å². The highest BCUT2D eigenvalue weighted by atomic mass is 16.4. The van der Waals surface area contributed by atoms with Crippen molar-refractivity contribution < 1.29 is 14.7 Å². The Labute approximate surface area is 116 Å². The number of urea groups is 1. The molecule has 0 aromatic heterocycles. The van der Waals surface area contributed by atoms with Gasteiger partial charge < -0.3 is 15.3 Å². The summed E-state index contributed by atoms with van der Waals surface area (Å²) in [6.07, 6.45) is 2.55. The predicted molar refractivity (Wildman–Crippen MR) is 76.2 cm³/mol. The number of carbonyl (C=O) groups is 2. The molecule has 0 aliphatic heterocycles. The van der Waals surface area contributed by atoms with E-state index in [-0.39, 0.29) is 18.0 Å². The van der Waals surface area contributed by atoms with Crippen molar-refractivity contribution in [3.05, 3.63) is 0 Å². The third-order valence-corrected chi connectivity index (χ3v) is 3.84. The van der Waals surface area contributed by atoms with Crippen LogP contribution in [-0.4, -0.2) is 41.1 Å². The topological polar surface area (TPSA) is 69.6 Å². The van der Waals surface area contributed by atoms with Gasteiger partial charge in [0.1, 0.15) is 0 Å². The largest absolute Gasteiger partial charge is 0.481 e. The number of aliphatic carboxylic acids is 1. The third kappa shape index (κ3) is 7.03. The maximum Gasteiger partial charge on any atom is 0.317 e. The molecule has 2 N–H and O–H groups in total. The molecular weight excluding hydrogens is 244 g/mol. The number of hydrogen-bond acceptors (Lipinski definition) is 2. The number of carboxylic acid groups (broad SMARTS) is 1. The molecular formula is C14H28N2O3. The SMILES string of the molecule is CCC(C)(C)N(C)C(=O)NCCC(C)CCC(=O)O. The van der Waals surface area contributed by atoms with Crippen LogP contribution in [0.5, 0.6) is 0 Å². The van der Waals surface area contributed by atoms with E-state index in [1.807, 2.05) is 20.8 Å². The van der Waals surface area contributed by atoms with E-state index in [0.29, 0.717) is 18.9 Å². The molecule has 0 bridgehead atoms. The summed E-state index contributed by atoms with van der Waals surface area (Å²) in [4.78, 5) is 24.1. The fraction of sp³-hybridized carbons (Fsp3) is 0.857. The van der Waals surface area contributed by atoms with Crippen molar-refractivity contribution in [1.82, 2.24) is 10.2 Å². The molecule has 0 spiro atoms. The minimum Gasteiger partial charge on any atom is -0.481 e. The summed E-state index contributed by atoms with van der Waals surface area (Å²) >= 11 is 0. The van der Waals surface area contributed by atoms with Crippen molar-refractivity contribution in [3.63, 3.8) is 0 Å². The van der Waals surface area contributed by atoms with E-state index in [2.05, 4.69) is 12.2 Å². The van der Waals surface area contributed by atoms with Crippen LogP contribution in [0.1, 0.15) is 53.4 Å². The van der Waals surface area contributed by atoms with Gasteiger partial charge in [-0.1, -0.05) is 13.8 Å². The molecule has 0 saturated heterocycles. The lowest BCUT2D eigenvalue weighted by Crippen LogP contribution is -2.49. The molecule has 0 radical (unpaired) electrons. The van der Waals surface area contributed by atoms with Gasteiger partial charge >= 0.3 is 12.0 Å². The highest BCUT2D eigenvalue weighted by molar-refractivity contribution is 5.74. The predicted octanol–water partition coefficient (Wildman–Crippen LogP) is 2.71. The molecule has 112 valence electrons. The summed E-state index contributed by atoms with van der Waals surface area (Å²) in [6.45, 7) is 8.71. The highest BCUT2D eigenvalue weighted by Crippen LogP contribution is 2.16. The minimum absolute atomic E-state index is 0.0720. The normalized spacial score (nSPS) is 12.9. The molecule has 1 atom stereocenters. The summed E-state index contributed by atoms with van der Waals surface area (Å²) in [7, 11) is 1.80. The average molecular weight is 272 g/mol. The van der Waals surface area contributed by atoms with Crippen LogP contribution >= 0.6 is 0 Å². The van der Waals surface area contributed by atoms with Gasteiger partial charge in [0, 0.05) is 25.6 Å². The quantitative estimate of drug-likeness (QED) is 0.713. The van der Waals surface area contributed by atoms with E-state index in [1.54, 1.807) is 11.9 Å². The fourth-order valence-electron chi connectivity index (χ4n) is 1.57. The Kier molecular flexibility index (Phi) is 7.49. The lowest BCUT2D eigenvalue weighted by Gasteiger charge is -2.34. The Hall–Kier alpha value is -1.26. The van der Waals surface area contributed by atoms with Crippen molar-refractivity contribution in [2.24, 2.45) is 5.92 Å². The second-order valence-corrected chi connectivity index (χ2v) is 5.78. The van der Waals surface area contributed by atoms with Crippen molar-refractivity contribution in [3.8, 4) is 0 Å². The zero-order valence-electron chi connectivity index (χ0n) is 12.8. The second kappa shape index (κ2) is 8.02. The first kappa shape index (κ1) is 17.7. The molecule has 0 aromatic rings. The lowest BCUT2D eigenvalue weighted by molar-refractivity contribution is -0.137. The van der Waals surface area contributed by atoms with Gasteiger partial charge in [0.05, 0.1) is 0 Å². The van der Waals surface area contributed by atoms with Gasteiger partial charge in [-0.3, -0.25) is 4.79 Å². The summed E-state index contributed by atoms with van der Waals surface area (Å²) in [6, 6.07) is -0.0720. The van der Waals surface area contributed by atoms with E-state index in [4.69, 9.17) is 5.11 Å². The van der Waals surface area contributed by atoms with E-state index in [0.717, 1.165) is 12.8 Å². The molecule has 19 heavy (non-hydrogen) atoms. The Morgan fingerprint density at radius 3 is 2.37 bits per heavy atom. The molecule has 0 aliphatic rings. The second-order valence-electron chi connectivity index (χ2n) is 5.78. The highest BCUT2D eigenvalue weighted by Gasteiger charge is 2.25. The summed E-state index contributed by atoms with van der Waals surface area (Å²) in [5.74, 6) is -0.457. The van der Waals surface area contributed by atoms with Crippen LogP contribution in [0.4, 0.5) is 4.79 Å². The van der Waals surface area contributed by atoms with Gasteiger partial charge in [0.25, 0.3) is 0 Å². The van der Waals surface area contributed by atoms with Crippen molar-refractivity contribution in [2.45, 2.75) is 58.9 Å². The molecule has 0 rings (SSSR count). The van der Waals surface area contributed by atoms with Gasteiger partial charge in [0.15, 0.2) is 0 Å². The number of nitrogens with zero attached hydrogens (tertiary/aromatic N) is 1. The van der Waals surface area contributed by atoms with E-state index >= 15 is 0 Å². The molecule has 2 amide bonds. The lowest BCUT2D eigenvalue weighted by atomic mass is 10.0. The standard InChI is InChI=1S/C14H28N2O3/c1-6-14(3,4)16(5)13(19)15-10-9-11(2)7-8-12(17)18/h11H,6-10H2,1-5H3,(H,15,19)(H,17,18). The van der Waals surface area contributed by atoms with Gasteiger partial charge in [-0.25, -0.2) is 4.79 Å². The molecule has 0 aliphatic carbocycles. The molecule has 0 fully saturated rings. The number of carbonyl (C=O) groups excluding carboxylic acids is 1. The molecule has 0 saturated carbocycles. The van der Waals surface area contributed by atoms with Crippen molar-refractivity contribution in [2.75, 3.05) is 13.6 Å². The number of nitrogens with one attached hydrogen (secondary N) is 1. The first-order valence-electron chi connectivity index (χ1n) is 6.94. The van der Waals surface area contributed by atoms with Crippen molar-refractivity contribution in [1.29, 1.82) is 0 Å². The van der Waals surface area contributed by atoms with E-state index < -0.39 is 5.97 Å². The van der Waals surface area contributed by atoms with Crippen LogP contribution in [0.15, 0.2) is 0 Å².